The van der Waals surface area contributed by atoms with Gasteiger partial charge >= 0.3 is 0 Å². The minimum atomic E-state index is 0.495. The number of nitrogens with zero attached hydrogens (tertiary/aromatic N) is 2. The van der Waals surface area contributed by atoms with Crippen LogP contribution in [-0.2, 0) is 12.8 Å². The van der Waals surface area contributed by atoms with Crippen molar-refractivity contribution in [3.05, 3.63) is 70.9 Å². The maximum atomic E-state index is 6.25. The molecule has 4 nitrogen and oxygen atoms in total. The Balaban J connectivity index is 1.64. The van der Waals surface area contributed by atoms with E-state index in [0.717, 1.165) is 59.8 Å². The van der Waals surface area contributed by atoms with Crippen molar-refractivity contribution >= 4 is 27.6 Å². The van der Waals surface area contributed by atoms with Gasteiger partial charge in [-0.1, -0.05) is 31.5 Å². The first-order chi connectivity index (χ1) is 14.6. The summed E-state index contributed by atoms with van der Waals surface area (Å²) in [6.45, 7) is 7.19. The predicted octanol–water partition coefficient (Wildman–Crippen LogP) is 5.95. The van der Waals surface area contributed by atoms with Crippen molar-refractivity contribution in [1.29, 1.82) is 0 Å². The van der Waals surface area contributed by atoms with Crippen LogP contribution in [0.15, 0.2) is 48.7 Å². The summed E-state index contributed by atoms with van der Waals surface area (Å²) >= 11 is 0. The molecule has 0 aliphatic heterocycles. The van der Waals surface area contributed by atoms with E-state index in [1.807, 2.05) is 6.20 Å². The standard InChI is InChI=1S/C26H29N3O/c1-4-5-14-30-21-10-9-19(18(3)16-21)7-8-20-12-13-28-25-24(20)22-11-6-17(2)15-23(22)29-26(25)27/h6,9-13,15-16H,4-5,7-8,14H2,1-3H3,(H2,27,29). The Morgan fingerprint density at radius 1 is 0.967 bits per heavy atom. The van der Waals surface area contributed by atoms with Gasteiger partial charge in [-0.05, 0) is 79.6 Å². The second-order valence-electron chi connectivity index (χ2n) is 8.00. The van der Waals surface area contributed by atoms with E-state index in [1.165, 1.54) is 22.3 Å². The minimum absolute atomic E-state index is 0.495. The van der Waals surface area contributed by atoms with Gasteiger partial charge in [-0.3, -0.25) is 4.98 Å². The highest BCUT2D eigenvalue weighted by Gasteiger charge is 2.12. The lowest BCUT2D eigenvalue weighted by Gasteiger charge is -2.13. The van der Waals surface area contributed by atoms with Gasteiger partial charge in [0.25, 0.3) is 0 Å². The van der Waals surface area contributed by atoms with Gasteiger partial charge in [-0.15, -0.1) is 0 Å². The molecule has 4 rings (SSSR count). The molecular formula is C26H29N3O. The number of unbranched alkanes of at least 4 members (excludes halogenated alkanes) is 1. The largest absolute Gasteiger partial charge is 0.494 e. The molecule has 0 aliphatic carbocycles. The number of aromatic nitrogens is 2. The van der Waals surface area contributed by atoms with Crippen molar-refractivity contribution in [1.82, 2.24) is 9.97 Å². The lowest BCUT2D eigenvalue weighted by molar-refractivity contribution is 0.309. The molecule has 0 fully saturated rings. The van der Waals surface area contributed by atoms with Crippen LogP contribution in [0.2, 0.25) is 0 Å². The van der Waals surface area contributed by atoms with Crippen LogP contribution in [0.1, 0.15) is 42.0 Å². The van der Waals surface area contributed by atoms with Crippen LogP contribution >= 0.6 is 0 Å². The van der Waals surface area contributed by atoms with Gasteiger partial charge in [0.1, 0.15) is 11.3 Å². The zero-order chi connectivity index (χ0) is 21.1. The van der Waals surface area contributed by atoms with Gasteiger partial charge in [0.2, 0.25) is 0 Å². The Kier molecular flexibility index (Phi) is 5.84. The molecular weight excluding hydrogens is 370 g/mol. The molecule has 0 radical (unpaired) electrons. The topological polar surface area (TPSA) is 61.0 Å². The molecule has 2 aromatic carbocycles. The quantitative estimate of drug-likeness (QED) is 0.308. The Bertz CT molecular complexity index is 1200. The second-order valence-corrected chi connectivity index (χ2v) is 8.00. The molecule has 4 aromatic rings. The lowest BCUT2D eigenvalue weighted by Crippen LogP contribution is -2.01. The maximum Gasteiger partial charge on any atom is 0.150 e. The molecule has 4 heteroatoms. The molecule has 0 amide bonds. The number of anilines is 1. The molecule has 2 aromatic heterocycles. The monoisotopic (exact) mass is 399 g/mol. The fourth-order valence-corrected chi connectivity index (χ4v) is 3.98. The smallest absolute Gasteiger partial charge is 0.150 e. The molecule has 154 valence electrons. The number of ether oxygens (including phenoxy) is 1. The Labute approximate surface area is 178 Å². The number of rotatable bonds is 7. The maximum absolute atomic E-state index is 6.25. The fraction of sp³-hybridized carbons (Fsp3) is 0.308. The highest BCUT2D eigenvalue weighted by atomic mass is 16.5. The van der Waals surface area contributed by atoms with Gasteiger partial charge in [0.05, 0.1) is 12.1 Å². The predicted molar refractivity (Wildman–Crippen MR) is 125 cm³/mol. The van der Waals surface area contributed by atoms with Crippen molar-refractivity contribution in [2.75, 3.05) is 12.3 Å². The Morgan fingerprint density at radius 2 is 1.80 bits per heavy atom. The minimum Gasteiger partial charge on any atom is -0.494 e. The number of nitrogen functional groups attached to an aromatic ring is 1. The summed E-state index contributed by atoms with van der Waals surface area (Å²) in [5, 5.41) is 2.24. The van der Waals surface area contributed by atoms with Crippen molar-refractivity contribution in [2.24, 2.45) is 0 Å². The number of pyridine rings is 2. The number of aryl methyl sites for hydroxylation is 4. The normalized spacial score (nSPS) is 11.3. The average molecular weight is 400 g/mol. The van der Waals surface area contributed by atoms with Crippen LogP contribution in [0.25, 0.3) is 21.8 Å². The second kappa shape index (κ2) is 8.70. The summed E-state index contributed by atoms with van der Waals surface area (Å²) in [5.74, 6) is 1.45. The lowest BCUT2D eigenvalue weighted by atomic mass is 9.96. The summed E-state index contributed by atoms with van der Waals surface area (Å²) in [6, 6.07) is 14.9. The van der Waals surface area contributed by atoms with Crippen molar-refractivity contribution in [2.45, 2.75) is 46.5 Å². The van der Waals surface area contributed by atoms with E-state index in [9.17, 15) is 0 Å². The van der Waals surface area contributed by atoms with Crippen molar-refractivity contribution in [3.63, 3.8) is 0 Å². The third-order valence-corrected chi connectivity index (χ3v) is 5.69. The summed E-state index contributed by atoms with van der Waals surface area (Å²) in [4.78, 5) is 9.11. The molecule has 0 atom stereocenters. The molecule has 2 heterocycles. The zero-order valence-corrected chi connectivity index (χ0v) is 18.0. The molecule has 0 unspecified atom stereocenters. The van der Waals surface area contributed by atoms with Crippen LogP contribution in [-0.4, -0.2) is 16.6 Å². The molecule has 0 saturated carbocycles. The van der Waals surface area contributed by atoms with E-state index in [4.69, 9.17) is 10.5 Å². The van der Waals surface area contributed by atoms with Gasteiger partial charge in [-0.2, -0.15) is 0 Å². The number of hydrogen-bond donors (Lipinski definition) is 1. The van der Waals surface area contributed by atoms with E-state index in [2.05, 4.69) is 73.2 Å². The first-order valence-electron chi connectivity index (χ1n) is 10.7. The summed E-state index contributed by atoms with van der Waals surface area (Å²) < 4.78 is 5.84. The molecule has 0 spiro atoms. The van der Waals surface area contributed by atoms with E-state index in [-0.39, 0.29) is 0 Å². The Hall–Kier alpha value is -3.14. The van der Waals surface area contributed by atoms with Crippen LogP contribution < -0.4 is 10.5 Å². The molecule has 30 heavy (non-hydrogen) atoms. The van der Waals surface area contributed by atoms with E-state index < -0.39 is 0 Å². The molecule has 0 aliphatic rings. The van der Waals surface area contributed by atoms with Gasteiger partial charge in [-0.25, -0.2) is 4.98 Å². The van der Waals surface area contributed by atoms with Crippen LogP contribution in [0, 0.1) is 13.8 Å². The van der Waals surface area contributed by atoms with Crippen LogP contribution in [0.4, 0.5) is 5.82 Å². The van der Waals surface area contributed by atoms with Crippen LogP contribution in [0.3, 0.4) is 0 Å². The van der Waals surface area contributed by atoms with Crippen molar-refractivity contribution in [3.8, 4) is 5.75 Å². The third kappa shape index (κ3) is 4.09. The summed E-state index contributed by atoms with van der Waals surface area (Å²) in [7, 11) is 0. The van der Waals surface area contributed by atoms with Crippen LogP contribution in [0.5, 0.6) is 5.75 Å². The SMILES string of the molecule is CCCCOc1ccc(CCc2ccnc3c(N)nc4cc(C)ccc4c23)c(C)c1. The number of fused-ring (bicyclic) bond motifs is 3. The molecule has 2 N–H and O–H groups in total. The molecule has 0 saturated heterocycles. The van der Waals surface area contributed by atoms with E-state index >= 15 is 0 Å². The first kappa shape index (κ1) is 20.1. The number of benzene rings is 2. The first-order valence-corrected chi connectivity index (χ1v) is 10.7. The van der Waals surface area contributed by atoms with E-state index in [1.54, 1.807) is 0 Å². The zero-order valence-electron chi connectivity index (χ0n) is 18.0. The summed E-state index contributed by atoms with van der Waals surface area (Å²) in [6.07, 6.45) is 5.94. The third-order valence-electron chi connectivity index (χ3n) is 5.69. The Morgan fingerprint density at radius 3 is 2.60 bits per heavy atom. The molecule has 0 bridgehead atoms. The van der Waals surface area contributed by atoms with Gasteiger partial charge < -0.3 is 10.5 Å². The summed E-state index contributed by atoms with van der Waals surface area (Å²) in [5.41, 5.74) is 13.0. The highest BCUT2D eigenvalue weighted by Crippen LogP contribution is 2.30. The fourth-order valence-electron chi connectivity index (χ4n) is 3.98. The number of nitrogens with two attached hydrogens (primary N) is 1. The van der Waals surface area contributed by atoms with Gasteiger partial charge in [0.15, 0.2) is 5.82 Å². The average Bonchev–Trinajstić information content (AvgIpc) is 2.73. The highest BCUT2D eigenvalue weighted by molar-refractivity contribution is 6.09. The van der Waals surface area contributed by atoms with Crippen molar-refractivity contribution < 1.29 is 4.74 Å². The number of hydrogen-bond acceptors (Lipinski definition) is 4. The van der Waals surface area contributed by atoms with Gasteiger partial charge in [0, 0.05) is 17.0 Å². The van der Waals surface area contributed by atoms with E-state index in [0.29, 0.717) is 5.82 Å².